The third-order valence-electron chi connectivity index (χ3n) is 1.95. The summed E-state index contributed by atoms with van der Waals surface area (Å²) >= 11 is 0. The minimum absolute atomic E-state index is 1.28. The van der Waals surface area contributed by atoms with E-state index in [4.69, 9.17) is 35.4 Å². The molecule has 0 aromatic carbocycles. The summed E-state index contributed by atoms with van der Waals surface area (Å²) in [5.41, 5.74) is 0. The molecule has 0 spiro atoms. The van der Waals surface area contributed by atoms with E-state index in [0.717, 1.165) is 0 Å². The molecule has 18 heavy (non-hydrogen) atoms. The molecule has 1 aliphatic heterocycles. The van der Waals surface area contributed by atoms with Gasteiger partial charge in [0.15, 0.2) is 19.1 Å². The first-order valence-corrected chi connectivity index (χ1v) is 4.60. The highest BCUT2D eigenvalue weighted by Gasteiger charge is 2.46. The van der Waals surface area contributed by atoms with E-state index in [1.807, 2.05) is 0 Å². The molecule has 10 heteroatoms. The molecule has 0 aromatic heterocycles. The van der Waals surface area contributed by atoms with Crippen LogP contribution in [0.25, 0.3) is 0 Å². The zero-order valence-electron chi connectivity index (χ0n) is 8.88. The molecule has 0 aliphatic carbocycles. The van der Waals surface area contributed by atoms with Gasteiger partial charge in [-0.3, -0.25) is 0 Å². The third-order valence-corrected chi connectivity index (χ3v) is 1.95. The van der Waals surface area contributed by atoms with Crippen LogP contribution in [0, 0.1) is 0 Å². The highest BCUT2D eigenvalue weighted by Crippen LogP contribution is 2.19. The molecule has 1 aliphatic rings. The molecule has 0 aromatic rings. The number of hydrogen-bond donors (Lipinski definition) is 6. The van der Waals surface area contributed by atoms with E-state index in [1.165, 1.54) is 0 Å². The van der Waals surface area contributed by atoms with Crippen molar-refractivity contribution in [3.8, 4) is 0 Å². The van der Waals surface area contributed by atoms with Crippen molar-refractivity contribution in [2.45, 2.75) is 30.7 Å². The maximum Gasteiger partial charge on any atom is 0.335 e. The van der Waals surface area contributed by atoms with Crippen molar-refractivity contribution in [3.63, 3.8) is 0 Å². The number of aliphatic carboxylic acids is 2. The van der Waals surface area contributed by atoms with Crippen molar-refractivity contribution < 1.29 is 49.4 Å². The summed E-state index contributed by atoms with van der Waals surface area (Å²) in [4.78, 5) is 19.4. The molecule has 1 heterocycles. The second-order valence-corrected chi connectivity index (χ2v) is 3.28. The maximum atomic E-state index is 10.5. The molecule has 1 saturated heterocycles. The lowest BCUT2D eigenvalue weighted by Crippen LogP contribution is -2.59. The smallest absolute Gasteiger partial charge is 0.335 e. The topological polar surface area (TPSA) is 165 Å². The first-order valence-electron chi connectivity index (χ1n) is 4.60. The van der Waals surface area contributed by atoms with E-state index in [-0.39, 0.29) is 0 Å². The van der Waals surface area contributed by atoms with Crippen molar-refractivity contribution in [2.24, 2.45) is 0 Å². The number of ether oxygens (including phenoxy) is 1. The Morgan fingerprint density at radius 3 is 1.78 bits per heavy atom. The summed E-state index contributed by atoms with van der Waals surface area (Å²) in [7, 11) is 0. The summed E-state index contributed by atoms with van der Waals surface area (Å²) in [6.45, 7) is -1.28. The van der Waals surface area contributed by atoms with E-state index in [2.05, 4.69) is 4.74 Å². The Labute approximate surface area is 99.7 Å². The summed E-state index contributed by atoms with van der Waals surface area (Å²) in [5, 5.41) is 51.7. The van der Waals surface area contributed by atoms with Crippen LogP contribution in [0.2, 0.25) is 0 Å². The Balaban J connectivity index is 0.000000494. The Kier molecular flexibility index (Phi) is 6.65. The van der Waals surface area contributed by atoms with E-state index in [0.29, 0.717) is 0 Å². The van der Waals surface area contributed by atoms with Gasteiger partial charge in [-0.1, -0.05) is 0 Å². The molecule has 1 fully saturated rings. The van der Waals surface area contributed by atoms with Gasteiger partial charge in [-0.15, -0.1) is 0 Å². The lowest BCUT2D eigenvalue weighted by atomic mass is 9.99. The van der Waals surface area contributed by atoms with E-state index < -0.39 is 49.3 Å². The molecule has 5 atom stereocenters. The first kappa shape index (κ1) is 16.7. The van der Waals surface area contributed by atoms with Crippen LogP contribution in [-0.2, 0) is 14.3 Å². The number of hydrogen-bond acceptors (Lipinski definition) is 7. The number of aliphatic hydroxyl groups is 4. The molecule has 106 valence electrons. The van der Waals surface area contributed by atoms with Gasteiger partial charge in [0.05, 0.1) is 0 Å². The maximum absolute atomic E-state index is 10.5. The fourth-order valence-corrected chi connectivity index (χ4v) is 1.07. The molecule has 0 amide bonds. The molecular formula is C8H13FO9. The molecule has 0 radical (unpaired) electrons. The van der Waals surface area contributed by atoms with Crippen LogP contribution in [-0.4, -0.2) is 80.0 Å². The number of carbonyl (C=O) groups is 2. The Morgan fingerprint density at radius 2 is 1.44 bits per heavy atom. The minimum atomic E-state index is -1.81. The standard InChI is InChI=1S/C6H10O7.C2H3FO2/c7-1-2(8)4(5(10)11)13-6(12)3(1)9;3-1-2(4)5/h1-4,6-9,12H,(H,10,11);1H2,(H,4,5)/t1-,2-,3+,4-,6+;/m0./s1. The number of halogens is 1. The fourth-order valence-electron chi connectivity index (χ4n) is 1.07. The lowest BCUT2D eigenvalue weighted by Gasteiger charge is -2.36. The summed E-state index contributed by atoms with van der Waals surface area (Å²) in [5.74, 6) is -2.93. The Hall–Kier alpha value is -1.33. The van der Waals surface area contributed by atoms with Crippen LogP contribution < -0.4 is 0 Å². The van der Waals surface area contributed by atoms with Crippen LogP contribution in [0.4, 0.5) is 4.39 Å². The van der Waals surface area contributed by atoms with E-state index in [1.54, 1.807) is 0 Å². The summed E-state index contributed by atoms with van der Waals surface area (Å²) in [6, 6.07) is 0. The van der Waals surface area contributed by atoms with Gasteiger partial charge in [0.25, 0.3) is 0 Å². The first-order chi connectivity index (χ1) is 8.22. The lowest BCUT2D eigenvalue weighted by molar-refractivity contribution is -0.279. The number of carboxylic acids is 2. The Morgan fingerprint density at radius 1 is 1.00 bits per heavy atom. The molecule has 9 nitrogen and oxygen atoms in total. The molecule has 1 rings (SSSR count). The predicted molar refractivity (Wildman–Crippen MR) is 50.1 cm³/mol. The fraction of sp³-hybridized carbons (Fsp3) is 0.750. The second kappa shape index (κ2) is 7.18. The Bertz CT molecular complexity index is 296. The van der Waals surface area contributed by atoms with Crippen LogP contribution in [0.1, 0.15) is 0 Å². The normalized spacial score (nSPS) is 35.3. The molecular weight excluding hydrogens is 259 g/mol. The van der Waals surface area contributed by atoms with Crippen molar-refractivity contribution in [2.75, 3.05) is 6.67 Å². The van der Waals surface area contributed by atoms with Crippen molar-refractivity contribution in [1.29, 1.82) is 0 Å². The minimum Gasteiger partial charge on any atom is -0.479 e. The van der Waals surface area contributed by atoms with Crippen molar-refractivity contribution >= 4 is 11.9 Å². The van der Waals surface area contributed by atoms with Gasteiger partial charge in [-0.25, -0.2) is 14.0 Å². The molecule has 0 unspecified atom stereocenters. The van der Waals surface area contributed by atoms with Gasteiger partial charge in [-0.2, -0.15) is 0 Å². The van der Waals surface area contributed by atoms with Crippen molar-refractivity contribution in [3.05, 3.63) is 0 Å². The number of carboxylic acid groups (broad SMARTS) is 2. The van der Waals surface area contributed by atoms with Gasteiger partial charge in [0.1, 0.15) is 18.3 Å². The van der Waals surface area contributed by atoms with Gasteiger partial charge in [0.2, 0.25) is 0 Å². The van der Waals surface area contributed by atoms with Crippen LogP contribution in [0.5, 0.6) is 0 Å². The third kappa shape index (κ3) is 4.50. The molecule has 0 saturated carbocycles. The average molecular weight is 272 g/mol. The zero-order valence-corrected chi connectivity index (χ0v) is 8.88. The number of aliphatic hydroxyl groups excluding tert-OH is 4. The highest BCUT2D eigenvalue weighted by molar-refractivity contribution is 5.73. The number of rotatable bonds is 2. The van der Waals surface area contributed by atoms with E-state index in [9.17, 15) is 9.18 Å². The monoisotopic (exact) mass is 272 g/mol. The van der Waals surface area contributed by atoms with Gasteiger partial charge in [-0.05, 0) is 0 Å². The predicted octanol–water partition coefficient (Wildman–Crippen LogP) is -3.09. The van der Waals surface area contributed by atoms with Crippen LogP contribution >= 0.6 is 0 Å². The molecule has 0 bridgehead atoms. The van der Waals surface area contributed by atoms with Crippen LogP contribution in [0.15, 0.2) is 0 Å². The number of alkyl halides is 1. The summed E-state index contributed by atoms with van der Waals surface area (Å²) < 4.78 is 14.9. The van der Waals surface area contributed by atoms with E-state index >= 15 is 0 Å². The summed E-state index contributed by atoms with van der Waals surface area (Å²) in [6.07, 6.45) is -8.72. The van der Waals surface area contributed by atoms with Gasteiger partial charge in [0, 0.05) is 0 Å². The molecule has 6 N–H and O–H groups in total. The highest BCUT2D eigenvalue weighted by atomic mass is 19.1. The van der Waals surface area contributed by atoms with Gasteiger partial charge < -0.3 is 35.4 Å². The van der Waals surface area contributed by atoms with Gasteiger partial charge >= 0.3 is 11.9 Å². The quantitative estimate of drug-likeness (QED) is 0.305. The van der Waals surface area contributed by atoms with Crippen LogP contribution in [0.3, 0.4) is 0 Å². The largest absolute Gasteiger partial charge is 0.479 e. The second-order valence-electron chi connectivity index (χ2n) is 3.28. The zero-order chi connectivity index (χ0) is 14.5. The average Bonchev–Trinajstić information content (AvgIpc) is 2.31. The van der Waals surface area contributed by atoms with Crippen molar-refractivity contribution in [1.82, 2.24) is 0 Å². The SMILES string of the molecule is O=C(O)CF.O=C(O)[C@H]1O[C@@H](O)[C@H](O)[C@@H](O)[C@@H]1O.